The number of nitrogens with zero attached hydrogens (tertiary/aromatic N) is 1. The first kappa shape index (κ1) is 27.4. The topological polar surface area (TPSA) is 77.5 Å². The maximum absolute atomic E-state index is 14.0. The Bertz CT molecular complexity index is 1520. The summed E-state index contributed by atoms with van der Waals surface area (Å²) in [6, 6.07) is 23.9. The summed E-state index contributed by atoms with van der Waals surface area (Å²) in [7, 11) is 1.69. The molecular weight excluding hydrogens is 500 g/mol. The lowest BCUT2D eigenvalue weighted by atomic mass is 9.69. The van der Waals surface area contributed by atoms with Crippen LogP contribution in [0, 0.1) is 12.3 Å². The number of pyridine rings is 1. The molecule has 1 aliphatic carbocycles. The van der Waals surface area contributed by atoms with Gasteiger partial charge in [0.05, 0.1) is 30.3 Å². The number of esters is 1. The van der Waals surface area contributed by atoms with Crippen molar-refractivity contribution < 1.29 is 19.1 Å². The van der Waals surface area contributed by atoms with Crippen LogP contribution < -0.4 is 10.1 Å². The summed E-state index contributed by atoms with van der Waals surface area (Å²) in [5.41, 5.74) is 5.68. The van der Waals surface area contributed by atoms with Crippen LogP contribution in [0.3, 0.4) is 0 Å². The minimum atomic E-state index is -0.475. The summed E-state index contributed by atoms with van der Waals surface area (Å²) < 4.78 is 10.5. The fraction of sp³-hybridized carbons (Fsp3) is 0.324. The highest BCUT2D eigenvalue weighted by atomic mass is 16.5. The minimum Gasteiger partial charge on any atom is -0.496 e. The van der Waals surface area contributed by atoms with E-state index in [1.807, 2.05) is 37.3 Å². The number of ether oxygens (including phenoxy) is 2. The van der Waals surface area contributed by atoms with Crippen LogP contribution in [0.5, 0.6) is 5.75 Å². The molecule has 6 nitrogen and oxygen atoms in total. The first-order valence-corrected chi connectivity index (χ1v) is 14.0. The first-order valence-electron chi connectivity index (χ1n) is 14.0. The molecule has 0 radical (unpaired) electrons. The summed E-state index contributed by atoms with van der Waals surface area (Å²) >= 11 is 0. The number of nitrogens with one attached hydrogen (secondary N) is 1. The molecule has 3 aromatic carbocycles. The molecule has 1 amide bonds. The van der Waals surface area contributed by atoms with Crippen LogP contribution in [0.2, 0.25) is 0 Å². The molecule has 6 heteroatoms. The van der Waals surface area contributed by atoms with Gasteiger partial charge >= 0.3 is 5.97 Å². The quantitative estimate of drug-likeness (QED) is 0.236. The second-order valence-electron chi connectivity index (χ2n) is 10.6. The molecule has 0 bridgehead atoms. The zero-order chi connectivity index (χ0) is 28.1. The van der Waals surface area contributed by atoms with Gasteiger partial charge in [0.1, 0.15) is 11.4 Å². The number of aromatic nitrogens is 1. The lowest BCUT2D eigenvalue weighted by molar-refractivity contribution is -0.127. The van der Waals surface area contributed by atoms with Crippen molar-refractivity contribution in [1.29, 1.82) is 0 Å². The van der Waals surface area contributed by atoms with E-state index in [2.05, 4.69) is 46.7 Å². The second kappa shape index (κ2) is 11.9. The number of carbonyl (C=O) groups excluding carboxylic acids is 2. The number of aryl methyl sites for hydroxylation is 1. The summed E-state index contributed by atoms with van der Waals surface area (Å²) in [5.74, 6) is 0.476. The van der Waals surface area contributed by atoms with Crippen molar-refractivity contribution in [2.45, 2.75) is 52.4 Å². The van der Waals surface area contributed by atoms with Gasteiger partial charge in [-0.2, -0.15) is 0 Å². The fourth-order valence-electron chi connectivity index (χ4n) is 5.81. The summed E-state index contributed by atoms with van der Waals surface area (Å²) in [4.78, 5) is 30.6. The fourth-order valence-corrected chi connectivity index (χ4v) is 5.81. The van der Waals surface area contributed by atoms with Crippen molar-refractivity contribution >= 4 is 28.5 Å². The Balaban J connectivity index is 1.37. The van der Waals surface area contributed by atoms with E-state index in [0.717, 1.165) is 65.5 Å². The Morgan fingerprint density at radius 3 is 2.38 bits per heavy atom. The Morgan fingerprint density at radius 1 is 0.925 bits per heavy atom. The number of anilines is 1. The van der Waals surface area contributed by atoms with E-state index in [1.165, 1.54) is 0 Å². The molecule has 0 unspecified atom stereocenters. The third-order valence-electron chi connectivity index (χ3n) is 7.98. The van der Waals surface area contributed by atoms with E-state index in [9.17, 15) is 9.59 Å². The van der Waals surface area contributed by atoms with Crippen molar-refractivity contribution in [2.75, 3.05) is 19.0 Å². The number of carbonyl (C=O) groups is 2. The SMILES string of the molecule is CCOC(=O)c1ccc2c(NC(=O)C3(Cc4ccc(-c5ccc(OC)c(C)c5)cc4)CCCCC3)cccc2n1. The van der Waals surface area contributed by atoms with Crippen molar-refractivity contribution in [3.63, 3.8) is 0 Å². The van der Waals surface area contributed by atoms with E-state index in [1.54, 1.807) is 20.1 Å². The van der Waals surface area contributed by atoms with E-state index in [4.69, 9.17) is 9.47 Å². The number of amides is 1. The van der Waals surface area contributed by atoms with Crippen LogP contribution in [-0.4, -0.2) is 30.6 Å². The monoisotopic (exact) mass is 536 g/mol. The maximum Gasteiger partial charge on any atom is 0.356 e. The number of methoxy groups -OCH3 is 1. The second-order valence-corrected chi connectivity index (χ2v) is 10.6. The van der Waals surface area contributed by atoms with Gasteiger partial charge in [-0.3, -0.25) is 4.79 Å². The first-order chi connectivity index (χ1) is 19.4. The molecule has 1 aromatic heterocycles. The van der Waals surface area contributed by atoms with Gasteiger partial charge in [0.2, 0.25) is 5.91 Å². The van der Waals surface area contributed by atoms with E-state index in [-0.39, 0.29) is 11.6 Å². The van der Waals surface area contributed by atoms with Gasteiger partial charge in [-0.1, -0.05) is 55.7 Å². The number of hydrogen-bond acceptors (Lipinski definition) is 5. The molecule has 1 aliphatic rings. The van der Waals surface area contributed by atoms with E-state index >= 15 is 0 Å². The van der Waals surface area contributed by atoms with Crippen LogP contribution in [0.1, 0.15) is 60.6 Å². The lowest BCUT2D eigenvalue weighted by Gasteiger charge is -2.36. The zero-order valence-electron chi connectivity index (χ0n) is 23.5. The van der Waals surface area contributed by atoms with Gasteiger partial charge in [0.25, 0.3) is 0 Å². The van der Waals surface area contributed by atoms with Crippen molar-refractivity contribution in [3.05, 3.63) is 89.6 Å². The van der Waals surface area contributed by atoms with Gasteiger partial charge in [0, 0.05) is 5.39 Å². The highest BCUT2D eigenvalue weighted by Crippen LogP contribution is 2.41. The lowest BCUT2D eigenvalue weighted by Crippen LogP contribution is -2.40. The highest BCUT2D eigenvalue weighted by Gasteiger charge is 2.39. The Hall–Kier alpha value is -4.19. The molecule has 1 N–H and O–H groups in total. The predicted molar refractivity (Wildman–Crippen MR) is 159 cm³/mol. The van der Waals surface area contributed by atoms with Gasteiger partial charge in [-0.15, -0.1) is 0 Å². The Labute approximate surface area is 235 Å². The van der Waals surface area contributed by atoms with E-state index < -0.39 is 11.4 Å². The van der Waals surface area contributed by atoms with Crippen LogP contribution in [0.4, 0.5) is 5.69 Å². The smallest absolute Gasteiger partial charge is 0.356 e. The minimum absolute atomic E-state index is 0.0454. The van der Waals surface area contributed by atoms with Gasteiger partial charge < -0.3 is 14.8 Å². The normalized spacial score (nSPS) is 14.5. The number of fused-ring (bicyclic) bond motifs is 1. The van der Waals surface area contributed by atoms with Crippen LogP contribution in [0.25, 0.3) is 22.0 Å². The maximum atomic E-state index is 14.0. The summed E-state index contributed by atoms with van der Waals surface area (Å²) in [5, 5.41) is 4.04. The molecule has 0 spiro atoms. The summed E-state index contributed by atoms with van der Waals surface area (Å²) in [6.45, 7) is 4.11. The molecule has 0 atom stereocenters. The zero-order valence-corrected chi connectivity index (χ0v) is 23.5. The molecule has 206 valence electrons. The molecule has 1 heterocycles. The molecule has 0 aliphatic heterocycles. The highest BCUT2D eigenvalue weighted by molar-refractivity contribution is 6.04. The molecule has 5 rings (SSSR count). The van der Waals surface area contributed by atoms with E-state index in [0.29, 0.717) is 24.2 Å². The number of rotatable bonds is 8. The van der Waals surface area contributed by atoms with Crippen LogP contribution >= 0.6 is 0 Å². The van der Waals surface area contributed by atoms with Gasteiger partial charge in [-0.05, 0) is 91.8 Å². The average molecular weight is 537 g/mol. The largest absolute Gasteiger partial charge is 0.496 e. The average Bonchev–Trinajstić information content (AvgIpc) is 2.98. The Morgan fingerprint density at radius 2 is 1.68 bits per heavy atom. The third kappa shape index (κ3) is 5.71. The molecule has 40 heavy (non-hydrogen) atoms. The number of benzene rings is 3. The molecule has 4 aromatic rings. The molecule has 0 saturated heterocycles. The summed E-state index contributed by atoms with van der Waals surface area (Å²) in [6.07, 6.45) is 5.63. The van der Waals surface area contributed by atoms with Crippen LogP contribution in [0.15, 0.2) is 72.8 Å². The van der Waals surface area contributed by atoms with Crippen molar-refractivity contribution in [1.82, 2.24) is 4.98 Å². The molecule has 1 fully saturated rings. The van der Waals surface area contributed by atoms with Gasteiger partial charge in [0.15, 0.2) is 0 Å². The predicted octanol–water partition coefficient (Wildman–Crippen LogP) is 7.53. The standard InChI is InChI=1S/C34H36N2O4/c1-4-40-32(37)30-17-16-27-28(35-30)9-8-10-29(27)36-33(38)34(19-6-5-7-20-34)22-24-11-13-25(14-12-24)26-15-18-31(39-3)23(2)21-26/h8-18,21H,4-7,19-20,22H2,1-3H3,(H,36,38). The van der Waals surface area contributed by atoms with Crippen LogP contribution in [-0.2, 0) is 16.0 Å². The van der Waals surface area contributed by atoms with Crippen molar-refractivity contribution in [3.8, 4) is 16.9 Å². The van der Waals surface area contributed by atoms with Crippen molar-refractivity contribution in [2.24, 2.45) is 5.41 Å². The number of hydrogen-bond donors (Lipinski definition) is 1. The Kier molecular flexibility index (Phi) is 8.15. The third-order valence-corrected chi connectivity index (χ3v) is 7.98. The van der Waals surface area contributed by atoms with Gasteiger partial charge in [-0.25, -0.2) is 9.78 Å². The molecule has 1 saturated carbocycles. The molecular formula is C34H36N2O4.